The molecule has 3 N–H and O–H groups in total. The van der Waals surface area contributed by atoms with Crippen LogP contribution >= 0.6 is 0 Å². The van der Waals surface area contributed by atoms with Crippen LogP contribution in [0.15, 0.2) is 60.9 Å². The number of nitrogens with one attached hydrogen (secondary N) is 1. The maximum Gasteiger partial charge on any atom is 0.181 e. The van der Waals surface area contributed by atoms with Gasteiger partial charge < -0.3 is 25.0 Å². The Kier molecular flexibility index (Phi) is 5.22. The number of anilines is 2. The number of hydrogen-bond donors (Lipinski definition) is 3. The molecule has 4 atom stereocenters. The predicted octanol–water partition coefficient (Wildman–Crippen LogP) is 2.88. The topological polar surface area (TPSA) is 115 Å². The second-order valence-corrected chi connectivity index (χ2v) is 7.65. The third kappa shape index (κ3) is 3.46. The van der Waals surface area contributed by atoms with Crippen molar-refractivity contribution in [2.75, 3.05) is 12.4 Å². The highest BCUT2D eigenvalue weighted by Crippen LogP contribution is 2.37. The van der Waals surface area contributed by atoms with Gasteiger partial charge in [0, 0.05) is 11.3 Å². The standard InChI is InChI=1S/C23H23N5O4/c1-13-19(29)20(30)23(32-13)28-22-17(18(27-28)14-8-10-16(31-2)11-9-14)21(24-12-25-22)26-15-6-4-3-5-7-15/h3-13,19-20,23,29-30H,1-2H3,(H,24,25,26)/t13-,19-,20-,23-/m1/s1. The van der Waals surface area contributed by atoms with Gasteiger partial charge in [-0.1, -0.05) is 18.2 Å². The zero-order valence-corrected chi connectivity index (χ0v) is 17.6. The Morgan fingerprint density at radius 2 is 1.75 bits per heavy atom. The van der Waals surface area contributed by atoms with E-state index < -0.39 is 24.5 Å². The lowest BCUT2D eigenvalue weighted by Crippen LogP contribution is -2.30. The first-order chi connectivity index (χ1) is 15.6. The van der Waals surface area contributed by atoms with E-state index in [-0.39, 0.29) is 0 Å². The molecule has 1 aliphatic heterocycles. The van der Waals surface area contributed by atoms with E-state index in [0.717, 1.165) is 17.0 Å². The van der Waals surface area contributed by atoms with Crippen molar-refractivity contribution in [3.8, 4) is 17.0 Å². The minimum absolute atomic E-state index is 0.481. The van der Waals surface area contributed by atoms with Gasteiger partial charge in [-0.15, -0.1) is 0 Å². The van der Waals surface area contributed by atoms with Gasteiger partial charge in [0.25, 0.3) is 0 Å². The second-order valence-electron chi connectivity index (χ2n) is 7.65. The van der Waals surface area contributed by atoms with Crippen LogP contribution < -0.4 is 10.1 Å². The Morgan fingerprint density at radius 3 is 2.41 bits per heavy atom. The number of ether oxygens (including phenoxy) is 2. The summed E-state index contributed by atoms with van der Waals surface area (Å²) in [4.78, 5) is 8.90. The SMILES string of the molecule is COc1ccc(-c2nn([C@@H]3O[C@H](C)[C@@H](O)[C@H]3O)c3ncnc(Nc4ccccc4)c23)cc1. The Morgan fingerprint density at radius 1 is 1.00 bits per heavy atom. The lowest BCUT2D eigenvalue weighted by molar-refractivity contribution is -0.0370. The van der Waals surface area contributed by atoms with E-state index in [0.29, 0.717) is 22.5 Å². The van der Waals surface area contributed by atoms with Crippen LogP contribution in [0.5, 0.6) is 5.75 Å². The minimum atomic E-state index is -1.14. The van der Waals surface area contributed by atoms with Crippen LogP contribution in [0.1, 0.15) is 13.2 Å². The van der Waals surface area contributed by atoms with Crippen molar-refractivity contribution in [3.05, 3.63) is 60.9 Å². The fourth-order valence-corrected chi connectivity index (χ4v) is 3.88. The van der Waals surface area contributed by atoms with E-state index >= 15 is 0 Å². The number of nitrogens with zero attached hydrogens (tertiary/aromatic N) is 4. The average Bonchev–Trinajstić information content (AvgIpc) is 3.33. The fourth-order valence-electron chi connectivity index (χ4n) is 3.88. The molecule has 4 aromatic rings. The second kappa shape index (κ2) is 8.19. The zero-order valence-electron chi connectivity index (χ0n) is 17.6. The summed E-state index contributed by atoms with van der Waals surface area (Å²) in [6, 6.07) is 17.2. The maximum atomic E-state index is 10.6. The monoisotopic (exact) mass is 433 g/mol. The molecule has 0 unspecified atom stereocenters. The molecule has 0 spiro atoms. The summed E-state index contributed by atoms with van der Waals surface area (Å²) in [5.74, 6) is 1.29. The summed E-state index contributed by atoms with van der Waals surface area (Å²) in [6.07, 6.45) is -2.15. The molecular weight excluding hydrogens is 410 g/mol. The van der Waals surface area contributed by atoms with Crippen LogP contribution in [-0.2, 0) is 4.74 Å². The summed E-state index contributed by atoms with van der Waals surface area (Å²) >= 11 is 0. The maximum absolute atomic E-state index is 10.6. The van der Waals surface area contributed by atoms with Crippen LogP contribution in [-0.4, -0.2) is 55.4 Å². The summed E-state index contributed by atoms with van der Waals surface area (Å²) in [6.45, 7) is 1.71. The molecule has 1 aliphatic rings. The van der Waals surface area contributed by atoms with E-state index in [2.05, 4.69) is 15.3 Å². The molecule has 0 amide bonds. The van der Waals surface area contributed by atoms with Crippen molar-refractivity contribution >= 4 is 22.5 Å². The third-order valence-corrected chi connectivity index (χ3v) is 5.61. The van der Waals surface area contributed by atoms with Crippen molar-refractivity contribution < 1.29 is 19.7 Å². The average molecular weight is 433 g/mol. The summed E-state index contributed by atoms with van der Waals surface area (Å²) < 4.78 is 12.6. The Labute approximate surface area is 184 Å². The smallest absolute Gasteiger partial charge is 0.181 e. The highest BCUT2D eigenvalue weighted by Gasteiger charge is 2.43. The largest absolute Gasteiger partial charge is 0.497 e. The first kappa shape index (κ1) is 20.4. The first-order valence-electron chi connectivity index (χ1n) is 10.3. The van der Waals surface area contributed by atoms with Gasteiger partial charge in [0.1, 0.15) is 35.8 Å². The van der Waals surface area contributed by atoms with E-state index in [1.807, 2.05) is 54.6 Å². The van der Waals surface area contributed by atoms with Gasteiger partial charge in [0.2, 0.25) is 0 Å². The van der Waals surface area contributed by atoms with Crippen molar-refractivity contribution in [2.24, 2.45) is 0 Å². The van der Waals surface area contributed by atoms with Crippen LogP contribution in [0.2, 0.25) is 0 Å². The Bertz CT molecular complexity index is 1230. The lowest BCUT2D eigenvalue weighted by Gasteiger charge is -2.15. The molecule has 1 fully saturated rings. The van der Waals surface area contributed by atoms with Crippen LogP contribution in [0.3, 0.4) is 0 Å². The van der Waals surface area contributed by atoms with E-state index in [9.17, 15) is 10.2 Å². The molecular formula is C23H23N5O4. The van der Waals surface area contributed by atoms with E-state index in [1.54, 1.807) is 14.0 Å². The number of rotatable bonds is 5. The van der Waals surface area contributed by atoms with Gasteiger partial charge in [0.15, 0.2) is 11.9 Å². The Hall–Kier alpha value is -3.53. The highest BCUT2D eigenvalue weighted by molar-refractivity contribution is 6.00. The van der Waals surface area contributed by atoms with Crippen LogP contribution in [0.4, 0.5) is 11.5 Å². The Balaban J connectivity index is 1.69. The van der Waals surface area contributed by atoms with Crippen molar-refractivity contribution in [1.82, 2.24) is 19.7 Å². The quantitative estimate of drug-likeness (QED) is 0.440. The van der Waals surface area contributed by atoms with Gasteiger partial charge >= 0.3 is 0 Å². The van der Waals surface area contributed by atoms with E-state index in [4.69, 9.17) is 14.6 Å². The predicted molar refractivity (Wildman–Crippen MR) is 119 cm³/mol. The molecule has 2 aromatic carbocycles. The van der Waals surface area contributed by atoms with Gasteiger partial charge in [-0.2, -0.15) is 5.10 Å². The van der Waals surface area contributed by atoms with Crippen molar-refractivity contribution in [3.63, 3.8) is 0 Å². The molecule has 2 aromatic heterocycles. The van der Waals surface area contributed by atoms with Crippen molar-refractivity contribution in [1.29, 1.82) is 0 Å². The normalized spacial score (nSPS) is 22.9. The first-order valence-corrected chi connectivity index (χ1v) is 10.3. The number of aromatic nitrogens is 4. The summed E-state index contributed by atoms with van der Waals surface area (Å²) in [5.41, 5.74) is 2.78. The number of methoxy groups -OCH3 is 1. The molecule has 0 radical (unpaired) electrons. The zero-order chi connectivity index (χ0) is 22.2. The van der Waals surface area contributed by atoms with Crippen LogP contribution in [0.25, 0.3) is 22.3 Å². The summed E-state index contributed by atoms with van der Waals surface area (Å²) in [5, 5.41) is 29.6. The molecule has 9 heteroatoms. The number of aliphatic hydroxyl groups excluding tert-OH is 2. The molecule has 0 aliphatic carbocycles. The van der Waals surface area contributed by atoms with Gasteiger partial charge in [0.05, 0.1) is 18.6 Å². The van der Waals surface area contributed by atoms with Gasteiger partial charge in [-0.05, 0) is 43.3 Å². The van der Waals surface area contributed by atoms with Gasteiger partial charge in [-0.25, -0.2) is 14.6 Å². The third-order valence-electron chi connectivity index (χ3n) is 5.61. The number of hydrogen-bond acceptors (Lipinski definition) is 8. The fraction of sp³-hybridized carbons (Fsp3) is 0.261. The number of benzene rings is 2. The van der Waals surface area contributed by atoms with Gasteiger partial charge in [-0.3, -0.25) is 0 Å². The minimum Gasteiger partial charge on any atom is -0.497 e. The molecule has 0 saturated carbocycles. The van der Waals surface area contributed by atoms with Crippen LogP contribution in [0, 0.1) is 0 Å². The number of fused-ring (bicyclic) bond motifs is 1. The number of aliphatic hydroxyl groups is 2. The molecule has 3 heterocycles. The molecule has 0 bridgehead atoms. The number of para-hydroxylation sites is 1. The summed E-state index contributed by atoms with van der Waals surface area (Å²) in [7, 11) is 1.61. The highest BCUT2D eigenvalue weighted by atomic mass is 16.6. The molecule has 164 valence electrons. The van der Waals surface area contributed by atoms with E-state index in [1.165, 1.54) is 11.0 Å². The lowest BCUT2D eigenvalue weighted by atomic mass is 10.1. The van der Waals surface area contributed by atoms with Crippen molar-refractivity contribution in [2.45, 2.75) is 31.5 Å². The molecule has 5 rings (SSSR count). The molecule has 32 heavy (non-hydrogen) atoms. The molecule has 9 nitrogen and oxygen atoms in total. The molecule has 1 saturated heterocycles.